The number of halogens is 1. The second kappa shape index (κ2) is 8.43. The molecule has 0 fully saturated rings. The summed E-state index contributed by atoms with van der Waals surface area (Å²) in [5.41, 5.74) is 8.12. The Balaban J connectivity index is 1.54. The molecule has 4 rings (SSSR count). The van der Waals surface area contributed by atoms with Crippen molar-refractivity contribution in [2.24, 2.45) is 0 Å². The van der Waals surface area contributed by atoms with Crippen molar-refractivity contribution in [3.63, 3.8) is 0 Å². The van der Waals surface area contributed by atoms with Gasteiger partial charge < -0.3 is 4.57 Å². The van der Waals surface area contributed by atoms with E-state index in [9.17, 15) is 14.0 Å². The van der Waals surface area contributed by atoms with E-state index in [0.29, 0.717) is 11.3 Å². The van der Waals surface area contributed by atoms with Gasteiger partial charge in [0.15, 0.2) is 0 Å². The largest absolute Gasteiger partial charge is 0.332 e. The van der Waals surface area contributed by atoms with E-state index in [-0.39, 0.29) is 18.9 Å². The van der Waals surface area contributed by atoms with E-state index in [1.165, 1.54) is 6.07 Å². The average molecular weight is 419 g/mol. The number of aryl methyl sites for hydroxylation is 2. The van der Waals surface area contributed by atoms with E-state index in [1.54, 1.807) is 33.5 Å². The molecule has 0 atom stereocenters. The number of amides is 2. The first-order chi connectivity index (χ1) is 14.9. The first-order valence-electron chi connectivity index (χ1n) is 9.84. The molecule has 0 aliphatic rings. The second-order valence-electron chi connectivity index (χ2n) is 7.35. The molecular weight excluding hydrogens is 397 g/mol. The lowest BCUT2D eigenvalue weighted by atomic mass is 10.2. The number of hydrogen-bond donors (Lipinski definition) is 2. The molecule has 0 unspecified atom stereocenters. The van der Waals surface area contributed by atoms with Crippen molar-refractivity contribution in [2.45, 2.75) is 26.9 Å². The predicted octanol–water partition coefficient (Wildman–Crippen LogP) is 3.10. The number of fused-ring (bicyclic) bond motifs is 1. The number of rotatable bonds is 5. The number of hydrazine groups is 1. The van der Waals surface area contributed by atoms with Crippen LogP contribution in [0.4, 0.5) is 4.39 Å². The van der Waals surface area contributed by atoms with Gasteiger partial charge in [-0.05, 0) is 38.1 Å². The zero-order valence-electron chi connectivity index (χ0n) is 17.2. The average Bonchev–Trinajstić information content (AvgIpc) is 3.27. The second-order valence-corrected chi connectivity index (χ2v) is 7.35. The normalized spacial score (nSPS) is 10.9. The van der Waals surface area contributed by atoms with Gasteiger partial charge in [0.05, 0.1) is 12.2 Å². The summed E-state index contributed by atoms with van der Waals surface area (Å²) in [7, 11) is 0. The fourth-order valence-electron chi connectivity index (χ4n) is 3.57. The summed E-state index contributed by atoms with van der Waals surface area (Å²) in [6.07, 6.45) is 0. The first-order valence-corrected chi connectivity index (χ1v) is 9.84. The minimum absolute atomic E-state index is 0.0157. The molecule has 0 bridgehead atoms. The summed E-state index contributed by atoms with van der Waals surface area (Å²) in [4.78, 5) is 25.1. The van der Waals surface area contributed by atoms with Gasteiger partial charge in [-0.15, -0.1) is 0 Å². The van der Waals surface area contributed by atoms with Gasteiger partial charge >= 0.3 is 0 Å². The van der Waals surface area contributed by atoms with Crippen molar-refractivity contribution < 1.29 is 14.0 Å². The molecule has 7 nitrogen and oxygen atoms in total. The first kappa shape index (κ1) is 20.3. The number of hydrogen-bond acceptors (Lipinski definition) is 3. The Kier molecular flexibility index (Phi) is 5.53. The van der Waals surface area contributed by atoms with Crippen LogP contribution in [0, 0.1) is 19.7 Å². The van der Waals surface area contributed by atoms with Crippen LogP contribution in [0.25, 0.3) is 10.9 Å². The van der Waals surface area contributed by atoms with Crippen LogP contribution in [-0.2, 0) is 17.9 Å². The van der Waals surface area contributed by atoms with Gasteiger partial charge in [0.2, 0.25) is 0 Å². The quantitative estimate of drug-likeness (QED) is 0.488. The van der Waals surface area contributed by atoms with Gasteiger partial charge in [-0.1, -0.05) is 36.4 Å². The van der Waals surface area contributed by atoms with Crippen LogP contribution >= 0.6 is 0 Å². The Morgan fingerprint density at radius 3 is 2.48 bits per heavy atom. The number of para-hydroxylation sites is 1. The maximum Gasteiger partial charge on any atom is 0.286 e. The van der Waals surface area contributed by atoms with E-state index < -0.39 is 11.8 Å². The van der Waals surface area contributed by atoms with Crippen LogP contribution < -0.4 is 10.9 Å². The van der Waals surface area contributed by atoms with Gasteiger partial charge in [0, 0.05) is 22.2 Å². The molecule has 2 aromatic carbocycles. The van der Waals surface area contributed by atoms with Crippen LogP contribution in [0.1, 0.15) is 27.4 Å². The molecule has 0 spiro atoms. The van der Waals surface area contributed by atoms with E-state index in [4.69, 9.17) is 0 Å². The third-order valence-corrected chi connectivity index (χ3v) is 5.04. The molecule has 8 heteroatoms. The van der Waals surface area contributed by atoms with Crippen LogP contribution in [0.15, 0.2) is 60.7 Å². The highest BCUT2D eigenvalue weighted by atomic mass is 19.1. The molecule has 2 heterocycles. The topological polar surface area (TPSA) is 81.0 Å². The zero-order valence-corrected chi connectivity index (χ0v) is 17.2. The van der Waals surface area contributed by atoms with Crippen molar-refractivity contribution in [3.05, 3.63) is 89.1 Å². The molecular formula is C23H22FN5O2. The standard InChI is InChI=1S/C23H22FN5O2/c1-15-11-16(2)29(27-15)14-22(30)25-26-23(31)21-12-17-7-4-6-10-20(17)28(21)13-18-8-3-5-9-19(18)24/h3-12H,13-14H2,1-2H3,(H,25,30)(H,26,31). The predicted molar refractivity (Wildman–Crippen MR) is 115 cm³/mol. The smallest absolute Gasteiger partial charge is 0.286 e. The van der Waals surface area contributed by atoms with Crippen LogP contribution in [0.2, 0.25) is 0 Å². The fourth-order valence-corrected chi connectivity index (χ4v) is 3.57. The Hall–Kier alpha value is -3.94. The van der Waals surface area contributed by atoms with E-state index in [2.05, 4.69) is 16.0 Å². The molecule has 31 heavy (non-hydrogen) atoms. The summed E-state index contributed by atoms with van der Waals surface area (Å²) >= 11 is 0. The Morgan fingerprint density at radius 2 is 1.74 bits per heavy atom. The van der Waals surface area contributed by atoms with Crippen molar-refractivity contribution in [1.82, 2.24) is 25.2 Å². The monoisotopic (exact) mass is 419 g/mol. The summed E-state index contributed by atoms with van der Waals surface area (Å²) in [6.45, 7) is 3.87. The molecule has 0 aliphatic carbocycles. The SMILES string of the molecule is Cc1cc(C)n(CC(=O)NNC(=O)c2cc3ccccc3n2Cc2ccccc2F)n1. The van der Waals surface area contributed by atoms with Gasteiger partial charge in [-0.2, -0.15) is 5.10 Å². The molecule has 0 saturated carbocycles. The van der Waals surface area contributed by atoms with Gasteiger partial charge in [-0.25, -0.2) is 4.39 Å². The zero-order chi connectivity index (χ0) is 22.0. The minimum Gasteiger partial charge on any atom is -0.332 e. The lowest BCUT2D eigenvalue weighted by molar-refractivity contribution is -0.122. The Bertz CT molecular complexity index is 1270. The lowest BCUT2D eigenvalue weighted by Gasteiger charge is -2.13. The number of nitrogens with one attached hydrogen (secondary N) is 2. The number of nitrogens with zero attached hydrogens (tertiary/aromatic N) is 3. The highest BCUT2D eigenvalue weighted by Crippen LogP contribution is 2.22. The van der Waals surface area contributed by atoms with E-state index in [0.717, 1.165) is 22.3 Å². The molecule has 0 radical (unpaired) electrons. The van der Waals surface area contributed by atoms with Crippen LogP contribution in [-0.4, -0.2) is 26.2 Å². The molecule has 2 N–H and O–H groups in total. The minimum atomic E-state index is -0.491. The summed E-state index contributed by atoms with van der Waals surface area (Å²) in [5, 5.41) is 5.08. The summed E-state index contributed by atoms with van der Waals surface area (Å²) in [6, 6.07) is 17.5. The molecule has 2 amide bonds. The lowest BCUT2D eigenvalue weighted by Crippen LogP contribution is -2.44. The van der Waals surface area contributed by atoms with E-state index in [1.807, 2.05) is 44.2 Å². The summed E-state index contributed by atoms with van der Waals surface area (Å²) in [5.74, 6) is -1.24. The number of aromatic nitrogens is 3. The third kappa shape index (κ3) is 4.32. The maximum absolute atomic E-state index is 14.2. The molecule has 2 aromatic heterocycles. The number of carbonyl (C=O) groups excluding carboxylic acids is 2. The highest BCUT2D eigenvalue weighted by molar-refractivity contribution is 5.99. The number of benzene rings is 2. The molecule has 0 saturated heterocycles. The third-order valence-electron chi connectivity index (χ3n) is 5.04. The maximum atomic E-state index is 14.2. The van der Waals surface area contributed by atoms with Crippen LogP contribution in [0.3, 0.4) is 0 Å². The summed E-state index contributed by atoms with van der Waals surface area (Å²) < 4.78 is 17.5. The van der Waals surface area contributed by atoms with Gasteiger partial charge in [0.25, 0.3) is 11.8 Å². The highest BCUT2D eigenvalue weighted by Gasteiger charge is 2.17. The van der Waals surface area contributed by atoms with E-state index >= 15 is 0 Å². The Morgan fingerprint density at radius 1 is 1.00 bits per heavy atom. The van der Waals surface area contributed by atoms with Gasteiger partial charge in [-0.3, -0.25) is 25.1 Å². The van der Waals surface area contributed by atoms with Crippen molar-refractivity contribution in [3.8, 4) is 0 Å². The number of carbonyl (C=O) groups is 2. The fraction of sp³-hybridized carbons (Fsp3) is 0.174. The Labute approximate surface area is 178 Å². The van der Waals surface area contributed by atoms with Crippen molar-refractivity contribution >= 4 is 22.7 Å². The van der Waals surface area contributed by atoms with Crippen molar-refractivity contribution in [2.75, 3.05) is 0 Å². The van der Waals surface area contributed by atoms with Crippen molar-refractivity contribution in [1.29, 1.82) is 0 Å². The van der Waals surface area contributed by atoms with Crippen LogP contribution in [0.5, 0.6) is 0 Å². The molecule has 4 aromatic rings. The molecule has 0 aliphatic heterocycles. The van der Waals surface area contributed by atoms with Gasteiger partial charge in [0.1, 0.15) is 18.1 Å². The molecule has 158 valence electrons.